The third-order valence-electron chi connectivity index (χ3n) is 7.72. The summed E-state index contributed by atoms with van der Waals surface area (Å²) in [6.45, 7) is 3.26. The molecule has 0 spiro atoms. The number of aryl methyl sites for hydroxylation is 1. The van der Waals surface area contributed by atoms with Crippen molar-refractivity contribution in [1.82, 2.24) is 25.2 Å². The Kier molecular flexibility index (Phi) is 10.1. The van der Waals surface area contributed by atoms with Gasteiger partial charge < -0.3 is 14.4 Å². The van der Waals surface area contributed by atoms with Crippen molar-refractivity contribution in [2.45, 2.75) is 70.8 Å². The molecule has 0 bridgehead atoms. The number of pyridine rings is 1. The number of carbonyl (C=O) groups is 2. The standard InChI is InChI=1S/C29H30F9N7O4/c1-6-18-12-20(22-19(7-8-21(39-22)29(36,37)38)45(18)25(47)49-14-26(2,3)23(46)48-5)44(24-40-42-43(4)41-24)13-15-9-16(27(30,31)32)11-17(10-15)28(33,34)35/h7-11,18,20H,6,12-14H2,1-5H3/t18-,20+/m1/s1. The molecular weight excluding hydrogens is 681 g/mol. The minimum Gasteiger partial charge on any atom is -0.469 e. The van der Waals surface area contributed by atoms with Crippen LogP contribution >= 0.6 is 0 Å². The van der Waals surface area contributed by atoms with E-state index >= 15 is 0 Å². The quantitative estimate of drug-likeness (QED) is 0.185. The van der Waals surface area contributed by atoms with E-state index in [0.717, 1.165) is 27.8 Å². The number of benzene rings is 1. The first-order chi connectivity index (χ1) is 22.6. The second-order valence-corrected chi connectivity index (χ2v) is 11.8. The zero-order valence-electron chi connectivity index (χ0n) is 26.5. The van der Waals surface area contributed by atoms with Crippen LogP contribution in [0.1, 0.15) is 67.7 Å². The normalized spacial score (nSPS) is 17.1. The van der Waals surface area contributed by atoms with Crippen LogP contribution in [0.2, 0.25) is 0 Å². The highest BCUT2D eigenvalue weighted by molar-refractivity contribution is 5.90. The van der Waals surface area contributed by atoms with Gasteiger partial charge in [0.15, 0.2) is 0 Å². The molecule has 4 rings (SSSR count). The van der Waals surface area contributed by atoms with Gasteiger partial charge in [0.05, 0.1) is 48.1 Å². The molecule has 268 valence electrons. The Hall–Kier alpha value is -4.65. The van der Waals surface area contributed by atoms with E-state index in [1.807, 2.05) is 0 Å². The minimum atomic E-state index is -5.18. The molecule has 0 radical (unpaired) electrons. The molecule has 0 saturated heterocycles. The summed E-state index contributed by atoms with van der Waals surface area (Å²) in [6.07, 6.45) is -16.5. The van der Waals surface area contributed by atoms with Gasteiger partial charge in [-0.2, -0.15) is 44.3 Å². The van der Waals surface area contributed by atoms with Crippen molar-refractivity contribution >= 4 is 23.7 Å². The molecule has 1 aliphatic heterocycles. The summed E-state index contributed by atoms with van der Waals surface area (Å²) in [5.74, 6) is -1.06. The summed E-state index contributed by atoms with van der Waals surface area (Å²) >= 11 is 0. The molecule has 2 atom stereocenters. The van der Waals surface area contributed by atoms with Crippen molar-refractivity contribution < 1.29 is 58.6 Å². The minimum absolute atomic E-state index is 0.0560. The van der Waals surface area contributed by atoms with E-state index in [2.05, 4.69) is 20.4 Å². The molecule has 0 unspecified atom stereocenters. The number of rotatable bonds is 8. The fourth-order valence-electron chi connectivity index (χ4n) is 5.28. The topological polar surface area (TPSA) is 116 Å². The van der Waals surface area contributed by atoms with Crippen molar-refractivity contribution in [1.29, 1.82) is 0 Å². The van der Waals surface area contributed by atoms with Gasteiger partial charge in [-0.3, -0.25) is 9.69 Å². The Morgan fingerprint density at radius 3 is 2.06 bits per heavy atom. The van der Waals surface area contributed by atoms with Gasteiger partial charge in [-0.25, -0.2) is 9.78 Å². The lowest BCUT2D eigenvalue weighted by Crippen LogP contribution is -2.49. The molecule has 3 aromatic rings. The molecule has 2 aromatic heterocycles. The van der Waals surface area contributed by atoms with E-state index < -0.39 is 89.3 Å². The highest BCUT2D eigenvalue weighted by Crippen LogP contribution is 2.45. The number of alkyl halides is 9. The van der Waals surface area contributed by atoms with Crippen LogP contribution < -0.4 is 9.80 Å². The van der Waals surface area contributed by atoms with Crippen molar-refractivity contribution in [2.75, 3.05) is 23.5 Å². The third-order valence-corrected chi connectivity index (χ3v) is 7.72. The van der Waals surface area contributed by atoms with E-state index in [9.17, 15) is 49.1 Å². The molecule has 1 amide bonds. The Labute approximate surface area is 273 Å². The summed E-state index contributed by atoms with van der Waals surface area (Å²) in [5, 5.41) is 11.6. The number of amides is 1. The van der Waals surface area contributed by atoms with Gasteiger partial charge in [-0.05, 0) is 67.8 Å². The summed E-state index contributed by atoms with van der Waals surface area (Å²) in [7, 11) is 2.45. The molecule has 3 heterocycles. The van der Waals surface area contributed by atoms with Crippen LogP contribution in [0.4, 0.5) is 55.9 Å². The third kappa shape index (κ3) is 8.15. The lowest BCUT2D eigenvalue weighted by Gasteiger charge is -2.43. The summed E-state index contributed by atoms with van der Waals surface area (Å²) in [4.78, 5) is 32.5. The number of esters is 1. The van der Waals surface area contributed by atoms with E-state index in [0.29, 0.717) is 18.2 Å². The number of hydrogen-bond donors (Lipinski definition) is 0. The number of halogens is 9. The van der Waals surface area contributed by atoms with Crippen molar-refractivity contribution in [3.05, 3.63) is 58.4 Å². The Morgan fingerprint density at radius 2 is 1.57 bits per heavy atom. The van der Waals surface area contributed by atoms with Gasteiger partial charge in [0.1, 0.15) is 12.3 Å². The van der Waals surface area contributed by atoms with Crippen LogP contribution in [0.3, 0.4) is 0 Å². The molecule has 1 aliphatic rings. The number of tetrazole rings is 1. The summed E-state index contributed by atoms with van der Waals surface area (Å²) in [6, 6.07) is 0.264. The van der Waals surface area contributed by atoms with Crippen LogP contribution in [-0.2, 0) is 46.4 Å². The van der Waals surface area contributed by atoms with Crippen LogP contribution in [0, 0.1) is 5.41 Å². The zero-order valence-corrected chi connectivity index (χ0v) is 26.5. The second-order valence-electron chi connectivity index (χ2n) is 11.8. The van der Waals surface area contributed by atoms with Crippen LogP contribution in [-0.4, -0.2) is 57.0 Å². The van der Waals surface area contributed by atoms with E-state index in [1.165, 1.54) is 20.9 Å². The number of carbonyl (C=O) groups excluding carboxylic acids is 2. The van der Waals surface area contributed by atoms with Gasteiger partial charge in [-0.1, -0.05) is 12.0 Å². The van der Waals surface area contributed by atoms with Crippen molar-refractivity contribution in [2.24, 2.45) is 12.5 Å². The first kappa shape index (κ1) is 37.2. The molecule has 49 heavy (non-hydrogen) atoms. The van der Waals surface area contributed by atoms with Crippen LogP contribution in [0.25, 0.3) is 0 Å². The van der Waals surface area contributed by atoms with E-state index in [-0.39, 0.29) is 30.5 Å². The van der Waals surface area contributed by atoms with Gasteiger partial charge >= 0.3 is 30.6 Å². The van der Waals surface area contributed by atoms with Crippen LogP contribution in [0.5, 0.6) is 0 Å². The maximum Gasteiger partial charge on any atom is 0.433 e. The number of fused-ring (bicyclic) bond motifs is 1. The SMILES string of the molecule is CC[C@@H]1C[C@H](N(Cc2cc(C(F)(F)F)cc(C(F)(F)F)c2)c2nnn(C)n2)c2nc(C(F)(F)F)ccc2N1C(=O)OCC(C)(C)C(=O)OC. The van der Waals surface area contributed by atoms with Gasteiger partial charge in [0.2, 0.25) is 0 Å². The number of anilines is 2. The van der Waals surface area contributed by atoms with E-state index in [1.54, 1.807) is 6.92 Å². The maximum atomic E-state index is 14.0. The molecule has 0 aliphatic carbocycles. The largest absolute Gasteiger partial charge is 0.469 e. The number of aromatic nitrogens is 5. The molecule has 11 nitrogen and oxygen atoms in total. The van der Waals surface area contributed by atoms with Crippen LogP contribution in [0.15, 0.2) is 30.3 Å². The fraction of sp³-hybridized carbons (Fsp3) is 0.517. The Balaban J connectivity index is 1.88. The zero-order chi connectivity index (χ0) is 36.7. The molecule has 20 heteroatoms. The van der Waals surface area contributed by atoms with Gasteiger partial charge in [0, 0.05) is 12.6 Å². The molecule has 0 fully saturated rings. The molecule has 0 N–H and O–H groups in total. The highest BCUT2D eigenvalue weighted by Gasteiger charge is 2.44. The van der Waals surface area contributed by atoms with Gasteiger partial charge in [-0.15, -0.1) is 5.10 Å². The van der Waals surface area contributed by atoms with Crippen molar-refractivity contribution in [3.8, 4) is 0 Å². The number of hydrogen-bond acceptors (Lipinski definition) is 9. The fourth-order valence-corrected chi connectivity index (χ4v) is 5.28. The summed E-state index contributed by atoms with van der Waals surface area (Å²) in [5.41, 5.74) is -7.05. The highest BCUT2D eigenvalue weighted by atomic mass is 19.4. The lowest BCUT2D eigenvalue weighted by atomic mass is 9.91. The maximum absolute atomic E-state index is 14.0. The first-order valence-electron chi connectivity index (χ1n) is 14.5. The molecule has 1 aromatic carbocycles. The first-order valence-corrected chi connectivity index (χ1v) is 14.5. The smallest absolute Gasteiger partial charge is 0.433 e. The lowest BCUT2D eigenvalue weighted by molar-refractivity contribution is -0.153. The van der Waals surface area contributed by atoms with Gasteiger partial charge in [0.25, 0.3) is 5.95 Å². The average molecular weight is 712 g/mol. The van der Waals surface area contributed by atoms with E-state index in [4.69, 9.17) is 9.47 Å². The Morgan fingerprint density at radius 1 is 0.959 bits per heavy atom. The molecule has 0 saturated carbocycles. The average Bonchev–Trinajstić information content (AvgIpc) is 3.45. The predicted molar refractivity (Wildman–Crippen MR) is 152 cm³/mol. The number of methoxy groups -OCH3 is 1. The molecular formula is C29H30F9N7O4. The second kappa shape index (κ2) is 13.3. The Bertz CT molecular complexity index is 1660. The summed E-state index contributed by atoms with van der Waals surface area (Å²) < 4.78 is 134. The predicted octanol–water partition coefficient (Wildman–Crippen LogP) is 6.73. The number of nitrogens with zero attached hydrogens (tertiary/aromatic N) is 7. The number of ether oxygens (including phenoxy) is 2. The van der Waals surface area contributed by atoms with Crippen molar-refractivity contribution in [3.63, 3.8) is 0 Å². The monoisotopic (exact) mass is 711 g/mol.